The molecule has 8 nitrogen and oxygen atoms in total. The Labute approximate surface area is 132 Å². The first-order chi connectivity index (χ1) is 11.0. The third-order valence-electron chi connectivity index (χ3n) is 4.75. The maximum absolute atomic E-state index is 11.1. The summed E-state index contributed by atoms with van der Waals surface area (Å²) in [6.07, 6.45) is 7.38. The van der Waals surface area contributed by atoms with E-state index < -0.39 is 9.85 Å². The summed E-state index contributed by atoms with van der Waals surface area (Å²) in [7, 11) is 0. The molecule has 2 bridgehead atoms. The van der Waals surface area contributed by atoms with Gasteiger partial charge in [-0.1, -0.05) is 19.1 Å². The van der Waals surface area contributed by atoms with E-state index in [4.69, 9.17) is 0 Å². The molecule has 4 unspecified atom stereocenters. The average Bonchev–Trinajstić information content (AvgIpc) is 3.10. The van der Waals surface area contributed by atoms with Crippen LogP contribution in [0, 0.1) is 43.9 Å². The standard InChI is InChI=1S/C15H16N4O4/c1-9-10-2-3-11(6-10)13(9)8-16-17-14-5-4-12(18(20)21)7-15(14)19(22)23/h2-5,7-11,13,17H,6H2,1H3/b16-8+. The summed E-state index contributed by atoms with van der Waals surface area (Å²) in [6.45, 7) is 2.18. The van der Waals surface area contributed by atoms with Gasteiger partial charge in [0.2, 0.25) is 0 Å². The van der Waals surface area contributed by atoms with Crippen molar-refractivity contribution in [3.63, 3.8) is 0 Å². The zero-order chi connectivity index (χ0) is 16.6. The van der Waals surface area contributed by atoms with Gasteiger partial charge in [-0.3, -0.25) is 25.7 Å². The van der Waals surface area contributed by atoms with Crippen molar-refractivity contribution in [2.24, 2.45) is 28.8 Å². The van der Waals surface area contributed by atoms with Crippen molar-refractivity contribution in [3.05, 3.63) is 50.6 Å². The minimum absolute atomic E-state index is 0.142. The molecule has 8 heteroatoms. The minimum Gasteiger partial charge on any atom is -0.272 e. The normalized spacial score (nSPS) is 28.4. The van der Waals surface area contributed by atoms with Gasteiger partial charge in [0.15, 0.2) is 0 Å². The Kier molecular flexibility index (Phi) is 3.81. The fraction of sp³-hybridized carbons (Fsp3) is 0.400. The lowest BCUT2D eigenvalue weighted by atomic mass is 9.85. The fourth-order valence-corrected chi connectivity index (χ4v) is 3.43. The van der Waals surface area contributed by atoms with E-state index in [1.165, 1.54) is 12.1 Å². The first-order valence-corrected chi connectivity index (χ1v) is 7.37. The van der Waals surface area contributed by atoms with Gasteiger partial charge in [-0.15, -0.1) is 0 Å². The lowest BCUT2D eigenvalue weighted by Gasteiger charge is -2.20. The van der Waals surface area contributed by atoms with Crippen molar-refractivity contribution in [3.8, 4) is 0 Å². The van der Waals surface area contributed by atoms with E-state index in [1.54, 1.807) is 6.21 Å². The molecule has 2 aliphatic rings. The Balaban J connectivity index is 1.75. The molecule has 1 N–H and O–H groups in total. The minimum atomic E-state index is -0.663. The second kappa shape index (κ2) is 5.79. The number of non-ortho nitro benzene ring substituents is 1. The first-order valence-electron chi connectivity index (χ1n) is 7.37. The predicted octanol–water partition coefficient (Wildman–Crippen LogP) is 3.36. The van der Waals surface area contributed by atoms with Crippen LogP contribution in [0.4, 0.5) is 17.1 Å². The summed E-state index contributed by atoms with van der Waals surface area (Å²) in [6, 6.07) is 3.45. The number of fused-ring (bicyclic) bond motifs is 2. The van der Waals surface area contributed by atoms with Crippen molar-refractivity contribution in [2.45, 2.75) is 13.3 Å². The number of allylic oxidation sites excluding steroid dienone is 2. The monoisotopic (exact) mass is 316 g/mol. The molecule has 1 aromatic rings. The van der Waals surface area contributed by atoms with E-state index in [1.807, 2.05) is 0 Å². The van der Waals surface area contributed by atoms with Crippen LogP contribution in [-0.4, -0.2) is 16.1 Å². The van der Waals surface area contributed by atoms with Crippen LogP contribution in [0.2, 0.25) is 0 Å². The van der Waals surface area contributed by atoms with Crippen molar-refractivity contribution in [1.29, 1.82) is 0 Å². The number of nitrogens with one attached hydrogen (secondary N) is 1. The average molecular weight is 316 g/mol. The fourth-order valence-electron chi connectivity index (χ4n) is 3.43. The molecule has 0 heterocycles. The van der Waals surface area contributed by atoms with Gasteiger partial charge in [0, 0.05) is 18.2 Å². The van der Waals surface area contributed by atoms with Gasteiger partial charge in [-0.05, 0) is 30.2 Å². The Hall–Kier alpha value is -2.77. The highest BCUT2D eigenvalue weighted by atomic mass is 16.6. The number of rotatable bonds is 5. The molecule has 1 saturated carbocycles. The van der Waals surface area contributed by atoms with Crippen molar-refractivity contribution >= 4 is 23.3 Å². The number of hydrazone groups is 1. The van der Waals surface area contributed by atoms with Crippen LogP contribution in [0.25, 0.3) is 0 Å². The van der Waals surface area contributed by atoms with Gasteiger partial charge in [0.1, 0.15) is 5.69 Å². The Morgan fingerprint density at radius 2 is 1.96 bits per heavy atom. The molecule has 0 radical (unpaired) electrons. The Morgan fingerprint density at radius 3 is 2.57 bits per heavy atom. The zero-order valence-corrected chi connectivity index (χ0v) is 12.5. The summed E-state index contributed by atoms with van der Waals surface area (Å²) >= 11 is 0. The van der Waals surface area contributed by atoms with Crippen LogP contribution >= 0.6 is 0 Å². The molecular weight excluding hydrogens is 300 g/mol. The highest BCUT2D eigenvalue weighted by Crippen LogP contribution is 2.46. The van der Waals surface area contributed by atoms with Crippen LogP contribution in [-0.2, 0) is 0 Å². The van der Waals surface area contributed by atoms with Crippen LogP contribution in [0.15, 0.2) is 35.5 Å². The quantitative estimate of drug-likeness (QED) is 0.387. The van der Waals surface area contributed by atoms with E-state index in [0.717, 1.165) is 12.5 Å². The summed E-state index contributed by atoms with van der Waals surface area (Å²) < 4.78 is 0. The lowest BCUT2D eigenvalue weighted by molar-refractivity contribution is -0.393. The van der Waals surface area contributed by atoms with Gasteiger partial charge in [0.05, 0.1) is 15.9 Å². The molecule has 2 aliphatic carbocycles. The molecule has 23 heavy (non-hydrogen) atoms. The number of nitrogens with zero attached hydrogens (tertiary/aromatic N) is 3. The second-order valence-electron chi connectivity index (χ2n) is 5.99. The molecule has 1 aromatic carbocycles. The second-order valence-corrected chi connectivity index (χ2v) is 5.99. The van der Waals surface area contributed by atoms with E-state index >= 15 is 0 Å². The number of hydrogen-bond acceptors (Lipinski definition) is 6. The molecule has 0 aromatic heterocycles. The van der Waals surface area contributed by atoms with Crippen molar-refractivity contribution in [1.82, 2.24) is 0 Å². The smallest absolute Gasteiger partial charge is 0.272 e. The van der Waals surface area contributed by atoms with E-state index in [9.17, 15) is 20.2 Å². The van der Waals surface area contributed by atoms with Crippen LogP contribution in [0.1, 0.15) is 13.3 Å². The summed E-state index contributed by atoms with van der Waals surface area (Å²) in [5.41, 5.74) is 2.11. The zero-order valence-electron chi connectivity index (χ0n) is 12.5. The van der Waals surface area contributed by atoms with Crippen molar-refractivity contribution < 1.29 is 9.85 Å². The largest absolute Gasteiger partial charge is 0.301 e. The van der Waals surface area contributed by atoms with E-state index in [-0.39, 0.29) is 17.1 Å². The first kappa shape index (κ1) is 15.1. The van der Waals surface area contributed by atoms with E-state index in [2.05, 4.69) is 29.6 Å². The third-order valence-corrected chi connectivity index (χ3v) is 4.75. The molecule has 120 valence electrons. The van der Waals surface area contributed by atoms with Gasteiger partial charge in [-0.2, -0.15) is 5.10 Å². The van der Waals surface area contributed by atoms with Gasteiger partial charge in [0.25, 0.3) is 5.69 Å². The maximum Gasteiger partial charge on any atom is 0.301 e. The molecule has 0 saturated heterocycles. The molecule has 0 spiro atoms. The molecule has 1 fully saturated rings. The third kappa shape index (κ3) is 2.79. The summed E-state index contributed by atoms with van der Waals surface area (Å²) in [5.74, 6) is 1.88. The molecule has 0 amide bonds. The van der Waals surface area contributed by atoms with Crippen LogP contribution < -0.4 is 5.43 Å². The predicted molar refractivity (Wildman–Crippen MR) is 85.3 cm³/mol. The summed E-state index contributed by atoms with van der Waals surface area (Å²) in [5, 5.41) is 25.9. The molecule has 0 aliphatic heterocycles. The number of nitro groups is 2. The highest BCUT2D eigenvalue weighted by Gasteiger charge is 2.40. The van der Waals surface area contributed by atoms with Gasteiger partial charge < -0.3 is 0 Å². The Morgan fingerprint density at radius 1 is 1.22 bits per heavy atom. The molecule has 3 rings (SSSR count). The van der Waals surface area contributed by atoms with Crippen LogP contribution in [0.3, 0.4) is 0 Å². The maximum atomic E-state index is 11.1. The van der Waals surface area contributed by atoms with Crippen LogP contribution in [0.5, 0.6) is 0 Å². The number of anilines is 1. The summed E-state index contributed by atoms with van der Waals surface area (Å²) in [4.78, 5) is 20.4. The molecule has 4 atom stereocenters. The van der Waals surface area contributed by atoms with Gasteiger partial charge >= 0.3 is 5.69 Å². The lowest BCUT2D eigenvalue weighted by Crippen LogP contribution is -2.18. The van der Waals surface area contributed by atoms with E-state index in [0.29, 0.717) is 23.7 Å². The SMILES string of the molecule is CC1C2C=CC(C2)C1/C=N/Nc1ccc([N+](=O)[O-])cc1[N+](=O)[O-]. The number of hydrogen-bond donors (Lipinski definition) is 1. The highest BCUT2D eigenvalue weighted by molar-refractivity contribution is 5.69. The number of nitro benzene ring substituents is 2. The topological polar surface area (TPSA) is 111 Å². The molecular formula is C15H16N4O4. The Bertz CT molecular complexity index is 715. The number of benzene rings is 1. The van der Waals surface area contributed by atoms with Gasteiger partial charge in [-0.25, -0.2) is 0 Å². The van der Waals surface area contributed by atoms with Crippen molar-refractivity contribution in [2.75, 3.05) is 5.43 Å².